The van der Waals surface area contributed by atoms with E-state index in [1.54, 1.807) is 18.2 Å². The van der Waals surface area contributed by atoms with E-state index >= 15 is 0 Å². The van der Waals surface area contributed by atoms with Crippen molar-refractivity contribution < 1.29 is 9.72 Å². The number of halogens is 3. The number of rotatable bonds is 9. The van der Waals surface area contributed by atoms with Crippen LogP contribution >= 0.6 is 46.6 Å². The maximum absolute atomic E-state index is 12.8. The van der Waals surface area contributed by atoms with Crippen LogP contribution in [-0.4, -0.2) is 31.3 Å². The number of anilines is 1. The molecule has 0 saturated carbocycles. The molecule has 0 atom stereocenters. The SMILES string of the molecule is CCc1cccc(CC)c1-n1c(SCC(=O)Nc2ccc(Cl)c([N+](=O)[O-])c2)nnc1-c1ccc(Cl)cc1Cl. The van der Waals surface area contributed by atoms with Gasteiger partial charge in [0.2, 0.25) is 5.91 Å². The first kappa shape index (κ1) is 27.9. The number of hydrogen-bond acceptors (Lipinski definition) is 6. The average Bonchev–Trinajstić information content (AvgIpc) is 3.30. The van der Waals surface area contributed by atoms with Crippen LogP contribution < -0.4 is 5.32 Å². The lowest BCUT2D eigenvalue weighted by molar-refractivity contribution is -0.384. The molecule has 1 heterocycles. The van der Waals surface area contributed by atoms with Gasteiger partial charge < -0.3 is 5.32 Å². The van der Waals surface area contributed by atoms with Crippen molar-refractivity contribution in [2.45, 2.75) is 31.8 Å². The number of thioether (sulfide) groups is 1. The number of nitrogens with one attached hydrogen (secondary N) is 1. The zero-order chi connectivity index (χ0) is 27.4. The van der Waals surface area contributed by atoms with E-state index in [1.165, 1.54) is 30.0 Å². The first-order chi connectivity index (χ1) is 18.2. The van der Waals surface area contributed by atoms with Gasteiger partial charge in [-0.2, -0.15) is 0 Å². The second kappa shape index (κ2) is 12.2. The second-order valence-corrected chi connectivity index (χ2v) is 10.4. The van der Waals surface area contributed by atoms with E-state index in [-0.39, 0.29) is 28.1 Å². The molecule has 1 N–H and O–H groups in total. The number of aryl methyl sites for hydroxylation is 2. The number of amides is 1. The molecule has 0 aliphatic rings. The summed E-state index contributed by atoms with van der Waals surface area (Å²) < 4.78 is 1.93. The van der Waals surface area contributed by atoms with Crippen LogP contribution in [-0.2, 0) is 17.6 Å². The lowest BCUT2D eigenvalue weighted by atomic mass is 10.0. The summed E-state index contributed by atoms with van der Waals surface area (Å²) in [6, 6.07) is 15.4. The Hall–Kier alpha value is -3.11. The van der Waals surface area contributed by atoms with Gasteiger partial charge >= 0.3 is 0 Å². The molecule has 0 aliphatic carbocycles. The highest BCUT2D eigenvalue weighted by molar-refractivity contribution is 7.99. The molecule has 3 aromatic carbocycles. The third-order valence-corrected chi connectivity index (χ3v) is 7.55. The monoisotopic (exact) mass is 589 g/mol. The predicted octanol–water partition coefficient (Wildman–Crippen LogP) is 7.66. The van der Waals surface area contributed by atoms with Gasteiger partial charge in [-0.25, -0.2) is 0 Å². The van der Waals surface area contributed by atoms with Gasteiger partial charge in [0, 0.05) is 22.3 Å². The van der Waals surface area contributed by atoms with Crippen molar-refractivity contribution in [1.29, 1.82) is 0 Å². The lowest BCUT2D eigenvalue weighted by Gasteiger charge is -2.18. The van der Waals surface area contributed by atoms with Gasteiger partial charge in [-0.05, 0) is 54.3 Å². The molecule has 0 unspecified atom stereocenters. The molecule has 4 aromatic rings. The van der Waals surface area contributed by atoms with Gasteiger partial charge in [-0.15, -0.1) is 10.2 Å². The van der Waals surface area contributed by atoms with Crippen LogP contribution in [0.1, 0.15) is 25.0 Å². The molecule has 196 valence electrons. The number of carbonyl (C=O) groups is 1. The molecule has 0 bridgehead atoms. The molecule has 0 fully saturated rings. The Morgan fingerprint density at radius 1 is 1.00 bits per heavy atom. The van der Waals surface area contributed by atoms with E-state index in [0.29, 0.717) is 26.6 Å². The van der Waals surface area contributed by atoms with Gasteiger partial charge in [-0.1, -0.05) is 78.6 Å². The number of nitrogens with zero attached hydrogens (tertiary/aromatic N) is 4. The van der Waals surface area contributed by atoms with Crippen molar-refractivity contribution in [1.82, 2.24) is 14.8 Å². The van der Waals surface area contributed by atoms with E-state index in [4.69, 9.17) is 34.8 Å². The van der Waals surface area contributed by atoms with Gasteiger partial charge in [0.05, 0.1) is 21.4 Å². The minimum Gasteiger partial charge on any atom is -0.325 e. The number of aromatic nitrogens is 3. The summed E-state index contributed by atoms with van der Waals surface area (Å²) in [6.45, 7) is 4.15. The van der Waals surface area contributed by atoms with E-state index in [9.17, 15) is 14.9 Å². The maximum Gasteiger partial charge on any atom is 0.289 e. The first-order valence-electron chi connectivity index (χ1n) is 11.6. The van der Waals surface area contributed by atoms with Crippen molar-refractivity contribution in [3.63, 3.8) is 0 Å². The number of carbonyl (C=O) groups excluding carboxylic acids is 1. The molecule has 0 radical (unpaired) electrons. The highest BCUT2D eigenvalue weighted by Gasteiger charge is 2.23. The van der Waals surface area contributed by atoms with Crippen LogP contribution in [0.5, 0.6) is 0 Å². The largest absolute Gasteiger partial charge is 0.325 e. The fourth-order valence-electron chi connectivity index (χ4n) is 3.97. The zero-order valence-electron chi connectivity index (χ0n) is 20.4. The van der Waals surface area contributed by atoms with Crippen molar-refractivity contribution in [3.05, 3.63) is 90.9 Å². The van der Waals surface area contributed by atoms with Crippen molar-refractivity contribution in [2.24, 2.45) is 0 Å². The first-order valence-corrected chi connectivity index (χ1v) is 13.7. The average molecular weight is 591 g/mol. The maximum atomic E-state index is 12.8. The Bertz CT molecular complexity index is 1500. The van der Waals surface area contributed by atoms with Gasteiger partial charge in [0.1, 0.15) is 5.02 Å². The van der Waals surface area contributed by atoms with Crippen LogP contribution in [0.3, 0.4) is 0 Å². The molecule has 0 saturated heterocycles. The van der Waals surface area contributed by atoms with Gasteiger partial charge in [0.15, 0.2) is 11.0 Å². The Morgan fingerprint density at radius 3 is 2.34 bits per heavy atom. The molecule has 8 nitrogen and oxygen atoms in total. The fraction of sp³-hybridized carbons (Fsp3) is 0.192. The minimum absolute atomic E-state index is 0.00909. The third kappa shape index (κ3) is 5.96. The van der Waals surface area contributed by atoms with E-state index < -0.39 is 4.92 Å². The molecule has 1 amide bonds. The second-order valence-electron chi connectivity index (χ2n) is 8.16. The highest BCUT2D eigenvalue weighted by atomic mass is 35.5. The van der Waals surface area contributed by atoms with Crippen molar-refractivity contribution >= 4 is 63.8 Å². The van der Waals surface area contributed by atoms with Crippen molar-refractivity contribution in [2.75, 3.05) is 11.1 Å². The molecule has 38 heavy (non-hydrogen) atoms. The molecule has 1 aromatic heterocycles. The Balaban J connectivity index is 1.71. The van der Waals surface area contributed by atoms with Crippen LogP contribution in [0.25, 0.3) is 17.1 Å². The Kier molecular flexibility index (Phi) is 8.94. The molecular formula is C26H22Cl3N5O3S. The van der Waals surface area contributed by atoms with E-state index in [2.05, 4.69) is 41.5 Å². The molecule has 12 heteroatoms. The number of hydrogen-bond donors (Lipinski definition) is 1. The van der Waals surface area contributed by atoms with Crippen molar-refractivity contribution in [3.8, 4) is 17.1 Å². The summed E-state index contributed by atoms with van der Waals surface area (Å²) in [5.41, 5.74) is 3.77. The van der Waals surface area contributed by atoms with Crippen LogP contribution in [0.15, 0.2) is 59.8 Å². The number of para-hydroxylation sites is 1. The summed E-state index contributed by atoms with van der Waals surface area (Å²) in [4.78, 5) is 23.4. The van der Waals surface area contributed by atoms with E-state index in [1.807, 2.05) is 10.6 Å². The minimum atomic E-state index is -0.602. The summed E-state index contributed by atoms with van der Waals surface area (Å²) in [6.07, 6.45) is 1.55. The highest BCUT2D eigenvalue weighted by Crippen LogP contribution is 2.36. The lowest BCUT2D eigenvalue weighted by Crippen LogP contribution is -2.15. The zero-order valence-corrected chi connectivity index (χ0v) is 23.5. The summed E-state index contributed by atoms with van der Waals surface area (Å²) in [5, 5.41) is 24.1. The fourth-order valence-corrected chi connectivity index (χ4v) is 5.39. The van der Waals surface area contributed by atoms with Gasteiger partial charge in [-0.3, -0.25) is 19.5 Å². The predicted molar refractivity (Wildman–Crippen MR) is 153 cm³/mol. The molecular weight excluding hydrogens is 569 g/mol. The number of benzene rings is 3. The normalized spacial score (nSPS) is 11.0. The number of nitro benzene ring substituents is 1. The molecule has 0 aliphatic heterocycles. The van der Waals surface area contributed by atoms with Gasteiger partial charge in [0.25, 0.3) is 5.69 Å². The topological polar surface area (TPSA) is 103 Å². The number of nitro groups is 1. The van der Waals surface area contributed by atoms with E-state index in [0.717, 1.165) is 29.7 Å². The third-order valence-electron chi connectivity index (χ3n) is 5.75. The summed E-state index contributed by atoms with van der Waals surface area (Å²) >= 11 is 19.7. The smallest absolute Gasteiger partial charge is 0.289 e. The van der Waals surface area contributed by atoms with Crippen LogP contribution in [0, 0.1) is 10.1 Å². The summed E-state index contributed by atoms with van der Waals surface area (Å²) in [7, 11) is 0. The standard InChI is InChI=1S/C26H22Cl3N5O3S/c1-3-15-6-5-7-16(4-2)24(15)33-25(19-10-8-17(27)12-21(19)29)31-32-26(33)38-14-23(35)30-18-9-11-20(28)22(13-18)34(36)37/h5-13H,3-4,14H2,1-2H3,(H,30,35). The molecule has 4 rings (SSSR count). The summed E-state index contributed by atoms with van der Waals surface area (Å²) in [5.74, 6) is 0.142. The Morgan fingerprint density at radius 2 is 1.71 bits per heavy atom. The quantitative estimate of drug-likeness (QED) is 0.122. The molecule has 0 spiro atoms. The Labute approximate surface area is 238 Å². The van der Waals surface area contributed by atoms with Crippen LogP contribution in [0.4, 0.5) is 11.4 Å². The van der Waals surface area contributed by atoms with Crippen LogP contribution in [0.2, 0.25) is 15.1 Å².